The fraction of sp³-hybridized carbons (Fsp3) is 0.0476. The van der Waals surface area contributed by atoms with Gasteiger partial charge in [-0.1, -0.05) is 48.5 Å². The average Bonchev–Trinajstić information content (AvgIpc) is 2.96. The van der Waals surface area contributed by atoms with Crippen molar-refractivity contribution in [2.45, 2.75) is 6.92 Å². The van der Waals surface area contributed by atoms with Crippen molar-refractivity contribution >= 4 is 43.9 Å². The molecule has 114 valence electrons. The van der Waals surface area contributed by atoms with Gasteiger partial charge in [0.25, 0.3) is 0 Å². The van der Waals surface area contributed by atoms with Crippen LogP contribution < -0.4 is 0 Å². The van der Waals surface area contributed by atoms with Crippen LogP contribution in [0.3, 0.4) is 0 Å². The zero-order valence-corrected chi connectivity index (χ0v) is 14.0. The van der Waals surface area contributed by atoms with Crippen LogP contribution in [0, 0.1) is 6.92 Å². The van der Waals surface area contributed by atoms with Crippen LogP contribution in [0.5, 0.6) is 0 Å². The maximum absolute atomic E-state index is 4.64. The van der Waals surface area contributed by atoms with Gasteiger partial charge in [-0.05, 0) is 34.5 Å². The lowest BCUT2D eigenvalue weighted by Gasteiger charge is -2.10. The molecule has 5 rings (SSSR count). The van der Waals surface area contributed by atoms with Gasteiger partial charge in [0.2, 0.25) is 0 Å². The lowest BCUT2D eigenvalue weighted by Crippen LogP contribution is -1.85. The largest absolute Gasteiger partial charge is 0.252 e. The van der Waals surface area contributed by atoms with E-state index in [2.05, 4.69) is 71.5 Å². The van der Waals surface area contributed by atoms with Crippen LogP contribution in [0.25, 0.3) is 43.0 Å². The third kappa shape index (κ3) is 1.88. The molecule has 5 aromatic rings. The normalized spacial score (nSPS) is 11.5. The summed E-state index contributed by atoms with van der Waals surface area (Å²) in [5.74, 6) is 0. The highest BCUT2D eigenvalue weighted by molar-refractivity contribution is 7.17. The van der Waals surface area contributed by atoms with Crippen molar-refractivity contribution in [1.82, 2.24) is 9.97 Å². The van der Waals surface area contributed by atoms with Crippen LogP contribution in [0.1, 0.15) is 4.88 Å². The van der Waals surface area contributed by atoms with Gasteiger partial charge in [-0.2, -0.15) is 0 Å². The van der Waals surface area contributed by atoms with E-state index >= 15 is 0 Å². The summed E-state index contributed by atoms with van der Waals surface area (Å²) in [5.41, 5.74) is 3.28. The molecule has 0 saturated heterocycles. The molecule has 2 nitrogen and oxygen atoms in total. The second-order valence-corrected chi connectivity index (χ2v) is 7.16. The van der Waals surface area contributed by atoms with Crippen molar-refractivity contribution in [1.29, 1.82) is 0 Å². The lowest BCUT2D eigenvalue weighted by atomic mass is 9.95. The minimum atomic E-state index is 1.00. The molecule has 3 aromatic carbocycles. The molecule has 3 heteroatoms. The fourth-order valence-corrected chi connectivity index (χ4v) is 4.56. The highest BCUT2D eigenvalue weighted by Crippen LogP contribution is 2.43. The molecular formula is C21H14N2S. The lowest BCUT2D eigenvalue weighted by molar-refractivity contribution is 1.30. The van der Waals surface area contributed by atoms with Gasteiger partial charge in [0.1, 0.15) is 11.0 Å². The molecule has 0 aliphatic rings. The third-order valence-corrected chi connectivity index (χ3v) is 5.60. The van der Waals surface area contributed by atoms with Crippen LogP contribution in [-0.4, -0.2) is 9.97 Å². The van der Waals surface area contributed by atoms with E-state index in [0.717, 1.165) is 11.0 Å². The molecule has 0 saturated carbocycles. The highest BCUT2D eigenvalue weighted by atomic mass is 32.1. The fourth-order valence-electron chi connectivity index (χ4n) is 3.44. The van der Waals surface area contributed by atoms with Gasteiger partial charge in [0.15, 0.2) is 0 Å². The first-order valence-corrected chi connectivity index (χ1v) is 8.75. The molecule has 0 amide bonds. The maximum Gasteiger partial charge on any atom is 0.108 e. The van der Waals surface area contributed by atoms with E-state index in [0.29, 0.717) is 0 Å². The predicted molar refractivity (Wildman–Crippen MR) is 103 cm³/mol. The van der Waals surface area contributed by atoms with E-state index in [-0.39, 0.29) is 0 Å². The van der Waals surface area contributed by atoms with Gasteiger partial charge in [-0.15, -0.1) is 11.3 Å². The smallest absolute Gasteiger partial charge is 0.108 e. The van der Waals surface area contributed by atoms with Crippen LogP contribution in [0.4, 0.5) is 0 Å². The standard InChI is InChI=1S/C21H14N2S/c1-13-19-20(23-11-10-22-19)21(24-13)18-16-8-4-2-6-14(16)12-15-7-3-5-9-17(15)18/h2-12H,1H3. The molecule has 0 aliphatic carbocycles. The number of rotatable bonds is 1. The number of hydrogen-bond acceptors (Lipinski definition) is 3. The zero-order valence-electron chi connectivity index (χ0n) is 13.2. The van der Waals surface area contributed by atoms with Gasteiger partial charge >= 0.3 is 0 Å². The molecule has 0 N–H and O–H groups in total. The molecule has 2 heterocycles. The summed E-state index contributed by atoms with van der Waals surface area (Å²) in [5, 5.41) is 5.05. The van der Waals surface area contributed by atoms with Crippen LogP contribution in [-0.2, 0) is 0 Å². The van der Waals surface area contributed by atoms with Gasteiger partial charge in [0, 0.05) is 22.8 Å². The summed E-state index contributed by atoms with van der Waals surface area (Å²) in [7, 11) is 0. The average molecular weight is 326 g/mol. The summed E-state index contributed by atoms with van der Waals surface area (Å²) in [6.45, 7) is 2.12. The molecule has 0 spiro atoms. The molecule has 0 aliphatic heterocycles. The minimum Gasteiger partial charge on any atom is -0.252 e. The highest BCUT2D eigenvalue weighted by Gasteiger charge is 2.17. The first-order valence-electron chi connectivity index (χ1n) is 7.94. The van der Waals surface area contributed by atoms with Crippen molar-refractivity contribution in [2.75, 3.05) is 0 Å². The molecule has 0 unspecified atom stereocenters. The van der Waals surface area contributed by atoms with Gasteiger partial charge in [-0.25, -0.2) is 0 Å². The van der Waals surface area contributed by atoms with Crippen molar-refractivity contribution in [3.8, 4) is 10.4 Å². The van der Waals surface area contributed by atoms with Crippen LogP contribution >= 0.6 is 11.3 Å². The monoisotopic (exact) mass is 326 g/mol. The Morgan fingerprint density at radius 1 is 0.750 bits per heavy atom. The SMILES string of the molecule is Cc1sc(-c2c3ccccc3cc3ccccc23)c2nccnc12. The first-order chi connectivity index (χ1) is 11.8. The molecule has 0 atom stereocenters. The number of aryl methyl sites for hydroxylation is 1. The summed E-state index contributed by atoms with van der Waals surface area (Å²) < 4.78 is 0. The third-order valence-electron chi connectivity index (χ3n) is 4.50. The van der Waals surface area contributed by atoms with E-state index in [1.165, 1.54) is 36.9 Å². The Hall–Kier alpha value is -2.78. The number of thiophene rings is 1. The van der Waals surface area contributed by atoms with E-state index in [4.69, 9.17) is 0 Å². The van der Waals surface area contributed by atoms with E-state index in [9.17, 15) is 0 Å². The first kappa shape index (κ1) is 13.6. The number of fused-ring (bicyclic) bond motifs is 3. The number of hydrogen-bond donors (Lipinski definition) is 0. The molecule has 24 heavy (non-hydrogen) atoms. The number of nitrogens with zero attached hydrogens (tertiary/aromatic N) is 2. The summed E-state index contributed by atoms with van der Waals surface area (Å²) in [6.07, 6.45) is 3.55. The Kier molecular flexibility index (Phi) is 2.91. The van der Waals surface area contributed by atoms with Crippen molar-refractivity contribution < 1.29 is 0 Å². The van der Waals surface area contributed by atoms with E-state index in [1.807, 2.05) is 0 Å². The topological polar surface area (TPSA) is 25.8 Å². The molecule has 0 bridgehead atoms. The van der Waals surface area contributed by atoms with Gasteiger partial charge in [0.05, 0.1) is 4.88 Å². The van der Waals surface area contributed by atoms with Gasteiger partial charge in [-0.3, -0.25) is 9.97 Å². The quantitative estimate of drug-likeness (QED) is 0.354. The van der Waals surface area contributed by atoms with Crippen molar-refractivity contribution in [3.63, 3.8) is 0 Å². The van der Waals surface area contributed by atoms with Crippen molar-refractivity contribution in [2.24, 2.45) is 0 Å². The number of benzene rings is 3. The number of aromatic nitrogens is 2. The Balaban J connectivity index is 2.03. The predicted octanol–water partition coefficient (Wildman–Crippen LogP) is 5.97. The Morgan fingerprint density at radius 3 is 2.00 bits per heavy atom. The van der Waals surface area contributed by atoms with Crippen LogP contribution in [0.15, 0.2) is 67.0 Å². The molecular weight excluding hydrogens is 312 g/mol. The minimum absolute atomic E-state index is 1.00. The summed E-state index contributed by atoms with van der Waals surface area (Å²) in [6, 6.07) is 19.4. The molecule has 2 aromatic heterocycles. The zero-order chi connectivity index (χ0) is 16.1. The van der Waals surface area contributed by atoms with E-state index in [1.54, 1.807) is 23.7 Å². The van der Waals surface area contributed by atoms with E-state index < -0.39 is 0 Å². The Labute approximate surface area is 143 Å². The molecule has 0 fully saturated rings. The Morgan fingerprint density at radius 2 is 1.33 bits per heavy atom. The second kappa shape index (κ2) is 5.11. The van der Waals surface area contributed by atoms with Gasteiger partial charge < -0.3 is 0 Å². The molecule has 0 radical (unpaired) electrons. The summed E-state index contributed by atoms with van der Waals surface area (Å²) >= 11 is 1.79. The summed E-state index contributed by atoms with van der Waals surface area (Å²) in [4.78, 5) is 11.6. The van der Waals surface area contributed by atoms with Crippen LogP contribution in [0.2, 0.25) is 0 Å². The maximum atomic E-state index is 4.64. The Bertz CT molecular complexity index is 1170. The second-order valence-electron chi connectivity index (χ2n) is 5.93. The van der Waals surface area contributed by atoms with Crippen molar-refractivity contribution in [3.05, 3.63) is 71.9 Å².